The lowest BCUT2D eigenvalue weighted by atomic mass is 10.1. The molecule has 2 rings (SSSR count). The van der Waals surface area contributed by atoms with Crippen molar-refractivity contribution in [3.8, 4) is 0 Å². The number of aryl methyl sites for hydroxylation is 2. The fourth-order valence-corrected chi connectivity index (χ4v) is 2.41. The molecule has 0 spiro atoms. The molecule has 0 radical (unpaired) electrons. The number of thiocarbonyl (C=S) groups is 1. The molecule has 1 aromatic rings. The van der Waals surface area contributed by atoms with Gasteiger partial charge in [0.25, 0.3) is 0 Å². The van der Waals surface area contributed by atoms with E-state index in [1.54, 1.807) is 4.68 Å². The minimum Gasteiger partial charge on any atom is -0.389 e. The van der Waals surface area contributed by atoms with E-state index in [9.17, 15) is 4.79 Å². The van der Waals surface area contributed by atoms with Crippen LogP contribution in [0.15, 0.2) is 0 Å². The maximum absolute atomic E-state index is 11.1. The zero-order valence-corrected chi connectivity index (χ0v) is 11.3. The molecule has 1 fully saturated rings. The Morgan fingerprint density at radius 3 is 2.94 bits per heavy atom. The van der Waals surface area contributed by atoms with Crippen LogP contribution in [-0.2, 0) is 11.8 Å². The van der Waals surface area contributed by atoms with Gasteiger partial charge in [0.2, 0.25) is 5.91 Å². The number of hydrogen-bond donors (Lipinski definition) is 3. The third kappa shape index (κ3) is 2.45. The number of carbonyl (C=O) groups is 1. The minimum atomic E-state index is 0.101. The summed E-state index contributed by atoms with van der Waals surface area (Å²) in [6.07, 6.45) is 1.34. The first kappa shape index (κ1) is 12.8. The van der Waals surface area contributed by atoms with Gasteiger partial charge in [0.15, 0.2) is 0 Å². The van der Waals surface area contributed by atoms with Crippen LogP contribution in [0.5, 0.6) is 0 Å². The van der Waals surface area contributed by atoms with Crippen molar-refractivity contribution in [2.75, 3.05) is 11.9 Å². The van der Waals surface area contributed by atoms with Gasteiger partial charge in [0, 0.05) is 26.1 Å². The molecule has 7 heteroatoms. The molecule has 18 heavy (non-hydrogen) atoms. The molecule has 0 aliphatic carbocycles. The van der Waals surface area contributed by atoms with Crippen LogP contribution in [0.2, 0.25) is 0 Å². The fourth-order valence-electron chi connectivity index (χ4n) is 2.17. The molecular weight excluding hydrogens is 250 g/mol. The van der Waals surface area contributed by atoms with Crippen LogP contribution in [0.25, 0.3) is 0 Å². The topological polar surface area (TPSA) is 85.0 Å². The van der Waals surface area contributed by atoms with E-state index in [1.807, 2.05) is 14.0 Å². The van der Waals surface area contributed by atoms with Crippen LogP contribution in [0.4, 0.5) is 5.82 Å². The first-order valence-corrected chi connectivity index (χ1v) is 6.26. The average molecular weight is 267 g/mol. The van der Waals surface area contributed by atoms with Crippen molar-refractivity contribution in [3.05, 3.63) is 11.3 Å². The zero-order valence-electron chi connectivity index (χ0n) is 10.5. The Morgan fingerprint density at radius 2 is 2.39 bits per heavy atom. The maximum atomic E-state index is 11.1. The van der Waals surface area contributed by atoms with Gasteiger partial charge in [0.1, 0.15) is 10.8 Å². The highest BCUT2D eigenvalue weighted by Gasteiger charge is 2.22. The van der Waals surface area contributed by atoms with E-state index in [4.69, 9.17) is 18.0 Å². The van der Waals surface area contributed by atoms with E-state index in [-0.39, 0.29) is 11.9 Å². The number of hydrogen-bond acceptors (Lipinski definition) is 4. The summed E-state index contributed by atoms with van der Waals surface area (Å²) in [4.78, 5) is 11.4. The molecule has 1 aliphatic heterocycles. The lowest BCUT2D eigenvalue weighted by Gasteiger charge is -2.24. The van der Waals surface area contributed by atoms with Gasteiger partial charge in [-0.3, -0.25) is 9.48 Å². The van der Waals surface area contributed by atoms with Crippen molar-refractivity contribution in [1.29, 1.82) is 0 Å². The van der Waals surface area contributed by atoms with E-state index in [0.29, 0.717) is 18.0 Å². The lowest BCUT2D eigenvalue weighted by Crippen LogP contribution is -2.42. The zero-order chi connectivity index (χ0) is 13.3. The van der Waals surface area contributed by atoms with Crippen molar-refractivity contribution in [1.82, 2.24) is 15.1 Å². The van der Waals surface area contributed by atoms with Crippen molar-refractivity contribution in [3.63, 3.8) is 0 Å². The first-order valence-electron chi connectivity index (χ1n) is 5.85. The molecule has 2 heterocycles. The molecule has 1 unspecified atom stereocenters. The number of amides is 1. The second-order valence-corrected chi connectivity index (χ2v) is 4.92. The highest BCUT2D eigenvalue weighted by Crippen LogP contribution is 2.20. The second kappa shape index (κ2) is 4.93. The molecule has 6 nitrogen and oxygen atoms in total. The molecule has 0 saturated carbocycles. The van der Waals surface area contributed by atoms with Gasteiger partial charge in [-0.1, -0.05) is 12.2 Å². The van der Waals surface area contributed by atoms with Crippen LogP contribution in [0.1, 0.15) is 24.1 Å². The van der Waals surface area contributed by atoms with Crippen molar-refractivity contribution in [2.24, 2.45) is 12.8 Å². The fraction of sp³-hybridized carbons (Fsp3) is 0.545. The minimum absolute atomic E-state index is 0.101. The van der Waals surface area contributed by atoms with E-state index >= 15 is 0 Å². The summed E-state index contributed by atoms with van der Waals surface area (Å²) in [6, 6.07) is 0.186. The number of rotatable bonds is 3. The maximum Gasteiger partial charge on any atom is 0.220 e. The second-order valence-electron chi connectivity index (χ2n) is 4.48. The Labute approximate surface area is 111 Å². The summed E-state index contributed by atoms with van der Waals surface area (Å²) >= 11 is 5.05. The van der Waals surface area contributed by atoms with Gasteiger partial charge in [-0.15, -0.1) is 0 Å². The highest BCUT2D eigenvalue weighted by molar-refractivity contribution is 7.80. The third-order valence-corrected chi connectivity index (χ3v) is 3.28. The highest BCUT2D eigenvalue weighted by atomic mass is 32.1. The largest absolute Gasteiger partial charge is 0.389 e. The van der Waals surface area contributed by atoms with Gasteiger partial charge in [-0.25, -0.2) is 0 Å². The van der Waals surface area contributed by atoms with Gasteiger partial charge >= 0.3 is 0 Å². The Kier molecular flexibility index (Phi) is 3.51. The average Bonchev–Trinajstić information content (AvgIpc) is 2.57. The molecular formula is C11H17N5OS. The summed E-state index contributed by atoms with van der Waals surface area (Å²) in [5.41, 5.74) is 7.32. The summed E-state index contributed by atoms with van der Waals surface area (Å²) < 4.78 is 1.74. The van der Waals surface area contributed by atoms with Crippen molar-refractivity contribution in [2.45, 2.75) is 25.8 Å². The van der Waals surface area contributed by atoms with Gasteiger partial charge in [-0.05, 0) is 13.3 Å². The predicted molar refractivity (Wildman–Crippen MR) is 73.5 cm³/mol. The third-order valence-electron chi connectivity index (χ3n) is 3.07. The van der Waals surface area contributed by atoms with Crippen LogP contribution in [0.3, 0.4) is 0 Å². The van der Waals surface area contributed by atoms with Crippen molar-refractivity contribution >= 4 is 28.9 Å². The van der Waals surface area contributed by atoms with Crippen LogP contribution >= 0.6 is 12.2 Å². The van der Waals surface area contributed by atoms with Crippen molar-refractivity contribution < 1.29 is 4.79 Å². The predicted octanol–water partition coefficient (Wildman–Crippen LogP) is 0.0532. The van der Waals surface area contributed by atoms with E-state index < -0.39 is 0 Å². The molecule has 1 aromatic heterocycles. The standard InChI is InChI=1S/C11H17N5OS/c1-6-9(10(12)18)11(16(2)15-6)14-7-3-4-8(17)13-5-7/h7,14H,3-5H2,1-2H3,(H2,12,18)(H,13,17). The molecule has 0 aromatic carbocycles. The monoisotopic (exact) mass is 267 g/mol. The Morgan fingerprint density at radius 1 is 1.67 bits per heavy atom. The van der Waals surface area contributed by atoms with E-state index in [2.05, 4.69) is 15.7 Å². The molecule has 1 aliphatic rings. The SMILES string of the molecule is Cc1nn(C)c(NC2CCC(=O)NC2)c1C(N)=S. The summed E-state index contributed by atoms with van der Waals surface area (Å²) in [5, 5.41) is 10.5. The summed E-state index contributed by atoms with van der Waals surface area (Å²) in [7, 11) is 1.85. The molecule has 98 valence electrons. The Hall–Kier alpha value is -1.63. The number of anilines is 1. The smallest absolute Gasteiger partial charge is 0.220 e. The number of nitrogens with two attached hydrogens (primary N) is 1. The summed E-state index contributed by atoms with van der Waals surface area (Å²) in [6.45, 7) is 2.49. The van der Waals surface area contributed by atoms with E-state index in [1.165, 1.54) is 0 Å². The summed E-state index contributed by atoms with van der Waals surface area (Å²) in [5.74, 6) is 0.921. The van der Waals surface area contributed by atoms with Crippen LogP contribution < -0.4 is 16.4 Å². The number of nitrogens with zero attached hydrogens (tertiary/aromatic N) is 2. The molecule has 1 amide bonds. The van der Waals surface area contributed by atoms with Gasteiger partial charge in [-0.2, -0.15) is 5.10 Å². The first-order chi connectivity index (χ1) is 8.49. The van der Waals surface area contributed by atoms with Gasteiger partial charge in [0.05, 0.1) is 11.3 Å². The molecule has 0 bridgehead atoms. The van der Waals surface area contributed by atoms with Gasteiger partial charge < -0.3 is 16.4 Å². The number of piperidine rings is 1. The molecule has 4 N–H and O–H groups in total. The lowest BCUT2D eigenvalue weighted by molar-refractivity contribution is -0.122. The Bertz CT molecular complexity index is 486. The van der Waals surface area contributed by atoms with Crippen LogP contribution in [-0.4, -0.2) is 33.3 Å². The normalized spacial score (nSPS) is 19.4. The Balaban J connectivity index is 2.18. The number of carbonyl (C=O) groups excluding carboxylic acids is 1. The number of nitrogens with one attached hydrogen (secondary N) is 2. The number of aromatic nitrogens is 2. The molecule has 1 saturated heterocycles. The van der Waals surface area contributed by atoms with E-state index in [0.717, 1.165) is 23.5 Å². The molecule has 1 atom stereocenters. The van der Waals surface area contributed by atoms with Crippen LogP contribution in [0, 0.1) is 6.92 Å². The quantitative estimate of drug-likeness (QED) is 0.674.